The molecule has 0 amide bonds. The van der Waals surface area contributed by atoms with Crippen molar-refractivity contribution in [2.75, 3.05) is 5.32 Å². The molecule has 0 saturated carbocycles. The van der Waals surface area contributed by atoms with Gasteiger partial charge >= 0.3 is 0 Å². The summed E-state index contributed by atoms with van der Waals surface area (Å²) in [4.78, 5) is 4.34. The molecule has 2 rings (SSSR count). The van der Waals surface area contributed by atoms with E-state index in [1.807, 2.05) is 48.5 Å². The first-order chi connectivity index (χ1) is 7.38. The molecule has 4 heteroatoms. The smallest absolute Gasteiger partial charge is 0.130 e. The second-order valence-corrected chi connectivity index (χ2v) is 3.41. The van der Waals surface area contributed by atoms with Crippen molar-refractivity contribution in [2.45, 2.75) is 5.88 Å². The van der Waals surface area contributed by atoms with Crippen molar-refractivity contribution >= 4 is 35.5 Å². The van der Waals surface area contributed by atoms with E-state index >= 15 is 0 Å². The maximum atomic E-state index is 5.71. The van der Waals surface area contributed by atoms with Crippen molar-refractivity contribution in [3.8, 4) is 0 Å². The van der Waals surface area contributed by atoms with Gasteiger partial charge in [0.05, 0.1) is 11.6 Å². The second kappa shape index (κ2) is 6.36. The van der Waals surface area contributed by atoms with Gasteiger partial charge in [0.2, 0.25) is 0 Å². The molecule has 0 unspecified atom stereocenters. The van der Waals surface area contributed by atoms with Gasteiger partial charge in [-0.05, 0) is 24.3 Å². The third kappa shape index (κ3) is 3.40. The molecule has 0 atom stereocenters. The Balaban J connectivity index is 0.00000128. The molecule has 2 nitrogen and oxygen atoms in total. The molecule has 0 saturated heterocycles. The number of para-hydroxylation sites is 1. The fourth-order valence-corrected chi connectivity index (χ4v) is 1.44. The largest absolute Gasteiger partial charge is 0.340 e. The Morgan fingerprint density at radius 1 is 1.00 bits per heavy atom. The normalized spacial score (nSPS) is 9.31. The molecule has 0 spiro atoms. The Labute approximate surface area is 106 Å². The van der Waals surface area contributed by atoms with E-state index in [0.29, 0.717) is 5.88 Å². The van der Waals surface area contributed by atoms with Gasteiger partial charge in [-0.25, -0.2) is 4.98 Å². The molecule has 16 heavy (non-hydrogen) atoms. The molecular weight excluding hydrogens is 243 g/mol. The van der Waals surface area contributed by atoms with Crippen LogP contribution in [0, 0.1) is 0 Å². The molecule has 0 aliphatic heterocycles. The van der Waals surface area contributed by atoms with Crippen LogP contribution in [0.2, 0.25) is 0 Å². The minimum Gasteiger partial charge on any atom is -0.340 e. The molecule has 2 aromatic rings. The first-order valence-corrected chi connectivity index (χ1v) is 5.26. The first-order valence-electron chi connectivity index (χ1n) is 4.72. The van der Waals surface area contributed by atoms with Gasteiger partial charge in [0.1, 0.15) is 5.82 Å². The highest BCUT2D eigenvalue weighted by Crippen LogP contribution is 2.14. The summed E-state index contributed by atoms with van der Waals surface area (Å²) in [5.74, 6) is 1.25. The van der Waals surface area contributed by atoms with Crippen molar-refractivity contribution in [3.05, 3.63) is 54.2 Å². The van der Waals surface area contributed by atoms with Gasteiger partial charge in [-0.1, -0.05) is 24.3 Å². The van der Waals surface area contributed by atoms with Gasteiger partial charge in [0.25, 0.3) is 0 Å². The Morgan fingerprint density at radius 2 is 1.75 bits per heavy atom. The molecule has 84 valence electrons. The molecule has 1 heterocycles. The minimum atomic E-state index is 0. The van der Waals surface area contributed by atoms with Gasteiger partial charge in [-0.3, -0.25) is 0 Å². The molecule has 1 N–H and O–H groups in total. The highest BCUT2D eigenvalue weighted by molar-refractivity contribution is 6.16. The zero-order valence-corrected chi connectivity index (χ0v) is 10.1. The van der Waals surface area contributed by atoms with Crippen LogP contribution < -0.4 is 5.32 Å². The van der Waals surface area contributed by atoms with Crippen LogP contribution in [0.1, 0.15) is 5.69 Å². The molecule has 1 aromatic heterocycles. The molecule has 0 fully saturated rings. The first kappa shape index (κ1) is 12.8. The van der Waals surface area contributed by atoms with E-state index in [4.69, 9.17) is 11.6 Å². The van der Waals surface area contributed by atoms with Gasteiger partial charge in [0, 0.05) is 5.69 Å². The van der Waals surface area contributed by atoms with E-state index < -0.39 is 0 Å². The van der Waals surface area contributed by atoms with Crippen molar-refractivity contribution in [2.24, 2.45) is 0 Å². The van der Waals surface area contributed by atoms with Crippen LogP contribution in [0.25, 0.3) is 0 Å². The van der Waals surface area contributed by atoms with Crippen LogP contribution in [0.3, 0.4) is 0 Å². The fourth-order valence-electron chi connectivity index (χ4n) is 1.29. The monoisotopic (exact) mass is 254 g/mol. The van der Waals surface area contributed by atoms with Crippen LogP contribution in [0.4, 0.5) is 11.5 Å². The Morgan fingerprint density at radius 3 is 2.44 bits per heavy atom. The number of aromatic nitrogens is 1. The standard InChI is InChI=1S/C12H11ClN2.ClH/c13-9-11-7-4-8-12(15-11)14-10-5-2-1-3-6-10;/h1-8H,9H2,(H,14,15);1H. The number of hydrogen-bond acceptors (Lipinski definition) is 2. The molecule has 0 radical (unpaired) electrons. The molecular formula is C12H12Cl2N2. The Kier molecular flexibility index (Phi) is 5.09. The maximum absolute atomic E-state index is 5.71. The lowest BCUT2D eigenvalue weighted by Crippen LogP contribution is -1.94. The summed E-state index contributed by atoms with van der Waals surface area (Å²) >= 11 is 5.71. The van der Waals surface area contributed by atoms with Crippen LogP contribution in [-0.2, 0) is 5.88 Å². The summed E-state index contributed by atoms with van der Waals surface area (Å²) in [5.41, 5.74) is 1.90. The topological polar surface area (TPSA) is 24.9 Å². The molecule has 0 bridgehead atoms. The van der Waals surface area contributed by atoms with E-state index in [-0.39, 0.29) is 12.4 Å². The van der Waals surface area contributed by atoms with Crippen LogP contribution in [-0.4, -0.2) is 4.98 Å². The van der Waals surface area contributed by atoms with E-state index in [9.17, 15) is 0 Å². The van der Waals surface area contributed by atoms with Gasteiger partial charge in [-0.2, -0.15) is 0 Å². The van der Waals surface area contributed by atoms with Crippen molar-refractivity contribution in [1.82, 2.24) is 4.98 Å². The summed E-state index contributed by atoms with van der Waals surface area (Å²) < 4.78 is 0. The van der Waals surface area contributed by atoms with E-state index in [1.165, 1.54) is 0 Å². The number of anilines is 2. The number of benzene rings is 1. The minimum absolute atomic E-state index is 0. The highest BCUT2D eigenvalue weighted by Gasteiger charge is 1.96. The quantitative estimate of drug-likeness (QED) is 0.839. The second-order valence-electron chi connectivity index (χ2n) is 3.14. The number of hydrogen-bond donors (Lipinski definition) is 1. The van der Waals surface area contributed by atoms with Crippen molar-refractivity contribution in [3.63, 3.8) is 0 Å². The third-order valence-electron chi connectivity index (χ3n) is 1.99. The lowest BCUT2D eigenvalue weighted by molar-refractivity contribution is 1.17. The number of rotatable bonds is 3. The predicted octanol–water partition coefficient (Wildman–Crippen LogP) is 3.99. The van der Waals surface area contributed by atoms with Gasteiger partial charge < -0.3 is 5.32 Å². The average molecular weight is 255 g/mol. The average Bonchev–Trinajstić information content (AvgIpc) is 2.31. The van der Waals surface area contributed by atoms with Crippen molar-refractivity contribution in [1.29, 1.82) is 0 Å². The summed E-state index contributed by atoms with van der Waals surface area (Å²) in [6, 6.07) is 15.7. The van der Waals surface area contributed by atoms with E-state index in [2.05, 4.69) is 10.3 Å². The Bertz CT molecular complexity index is 432. The van der Waals surface area contributed by atoms with E-state index in [0.717, 1.165) is 17.2 Å². The summed E-state index contributed by atoms with van der Waals surface area (Å²) in [5, 5.41) is 3.21. The maximum Gasteiger partial charge on any atom is 0.130 e. The van der Waals surface area contributed by atoms with E-state index in [1.54, 1.807) is 0 Å². The SMILES string of the molecule is Cl.ClCc1cccc(Nc2ccccc2)n1. The zero-order valence-electron chi connectivity index (χ0n) is 8.56. The number of halogens is 2. The summed E-state index contributed by atoms with van der Waals surface area (Å²) in [6.45, 7) is 0. The van der Waals surface area contributed by atoms with Crippen LogP contribution >= 0.6 is 24.0 Å². The number of nitrogens with one attached hydrogen (secondary N) is 1. The number of alkyl halides is 1. The molecule has 1 aromatic carbocycles. The third-order valence-corrected chi connectivity index (χ3v) is 2.26. The molecule has 0 aliphatic rings. The number of pyridine rings is 1. The lowest BCUT2D eigenvalue weighted by atomic mass is 10.3. The fraction of sp³-hybridized carbons (Fsp3) is 0.0833. The summed E-state index contributed by atoms with van der Waals surface area (Å²) in [6.07, 6.45) is 0. The number of nitrogens with zero attached hydrogens (tertiary/aromatic N) is 1. The molecule has 0 aliphatic carbocycles. The zero-order chi connectivity index (χ0) is 10.5. The summed E-state index contributed by atoms with van der Waals surface area (Å²) in [7, 11) is 0. The Hall–Kier alpha value is -1.25. The van der Waals surface area contributed by atoms with Gasteiger partial charge in [0.15, 0.2) is 0 Å². The van der Waals surface area contributed by atoms with Gasteiger partial charge in [-0.15, -0.1) is 24.0 Å². The highest BCUT2D eigenvalue weighted by atomic mass is 35.5. The van der Waals surface area contributed by atoms with Crippen LogP contribution in [0.5, 0.6) is 0 Å². The van der Waals surface area contributed by atoms with Crippen molar-refractivity contribution < 1.29 is 0 Å². The lowest BCUT2D eigenvalue weighted by Gasteiger charge is -2.05. The predicted molar refractivity (Wildman–Crippen MR) is 70.8 cm³/mol. The van der Waals surface area contributed by atoms with Crippen LogP contribution in [0.15, 0.2) is 48.5 Å².